The highest BCUT2D eigenvalue weighted by Gasteiger charge is 2.33. The van der Waals surface area contributed by atoms with Gasteiger partial charge in [0, 0.05) is 6.54 Å². The molecule has 0 aromatic carbocycles. The first-order valence-electron chi connectivity index (χ1n) is 6.53. The van der Waals surface area contributed by atoms with E-state index in [1.54, 1.807) is 0 Å². The van der Waals surface area contributed by atoms with Crippen LogP contribution >= 0.6 is 0 Å². The zero-order valence-electron chi connectivity index (χ0n) is 10.6. The van der Waals surface area contributed by atoms with Crippen molar-refractivity contribution in [1.82, 2.24) is 4.98 Å². The van der Waals surface area contributed by atoms with Gasteiger partial charge in [-0.1, -0.05) is 19.3 Å². The van der Waals surface area contributed by atoms with Crippen molar-refractivity contribution < 1.29 is 13.2 Å². The first-order valence-corrected chi connectivity index (χ1v) is 6.53. The third-order valence-corrected chi connectivity index (χ3v) is 3.53. The van der Waals surface area contributed by atoms with Gasteiger partial charge in [0.05, 0.1) is 17.6 Å². The second kappa shape index (κ2) is 5.67. The molecule has 19 heavy (non-hydrogen) atoms. The minimum absolute atomic E-state index is 0.254. The molecule has 0 unspecified atom stereocenters. The number of halogens is 3. The summed E-state index contributed by atoms with van der Waals surface area (Å²) in [6, 6.07) is 0.984. The molecule has 6 heteroatoms. The van der Waals surface area contributed by atoms with Crippen LogP contribution in [0.1, 0.15) is 37.8 Å². The van der Waals surface area contributed by atoms with Crippen molar-refractivity contribution in [2.75, 3.05) is 17.6 Å². The molecule has 1 aliphatic rings. The van der Waals surface area contributed by atoms with E-state index in [1.165, 1.54) is 19.3 Å². The van der Waals surface area contributed by atoms with Gasteiger partial charge in [-0.05, 0) is 24.8 Å². The molecular formula is C13H18F3N3. The van der Waals surface area contributed by atoms with Crippen molar-refractivity contribution in [3.05, 3.63) is 18.0 Å². The Labute approximate surface area is 110 Å². The summed E-state index contributed by atoms with van der Waals surface area (Å²) in [6.07, 6.45) is 2.54. The fraction of sp³-hybridized carbons (Fsp3) is 0.615. The summed E-state index contributed by atoms with van der Waals surface area (Å²) in [5.41, 5.74) is 5.33. The van der Waals surface area contributed by atoms with Gasteiger partial charge in [-0.15, -0.1) is 0 Å². The lowest BCUT2D eigenvalue weighted by atomic mass is 9.89. The van der Waals surface area contributed by atoms with E-state index in [2.05, 4.69) is 10.3 Å². The van der Waals surface area contributed by atoms with Gasteiger partial charge >= 0.3 is 6.18 Å². The molecular weight excluding hydrogens is 255 g/mol. The monoisotopic (exact) mass is 273 g/mol. The largest absolute Gasteiger partial charge is 0.433 e. The highest BCUT2D eigenvalue weighted by Crippen LogP contribution is 2.31. The van der Waals surface area contributed by atoms with Crippen molar-refractivity contribution in [3.63, 3.8) is 0 Å². The van der Waals surface area contributed by atoms with E-state index in [0.717, 1.165) is 25.1 Å². The van der Waals surface area contributed by atoms with Crippen molar-refractivity contribution in [2.45, 2.75) is 38.3 Å². The predicted molar refractivity (Wildman–Crippen MR) is 68.7 cm³/mol. The maximum atomic E-state index is 12.6. The Balaban J connectivity index is 2.02. The number of nitrogen functional groups attached to an aromatic ring is 1. The number of alkyl halides is 3. The highest BCUT2D eigenvalue weighted by molar-refractivity contribution is 5.65. The Morgan fingerprint density at radius 1 is 1.26 bits per heavy atom. The molecule has 1 fully saturated rings. The Kier molecular flexibility index (Phi) is 4.17. The van der Waals surface area contributed by atoms with Crippen LogP contribution in [0.15, 0.2) is 12.3 Å². The molecule has 2 rings (SSSR count). The van der Waals surface area contributed by atoms with Crippen LogP contribution in [0.2, 0.25) is 0 Å². The standard InChI is InChI=1S/C13H18F3N3/c14-13(15,16)12-6-11(10(17)8-19-12)18-7-9-4-2-1-3-5-9/h6,8-9H,1-5,7,17H2,(H,18,19). The smallest absolute Gasteiger partial charge is 0.396 e. The van der Waals surface area contributed by atoms with E-state index in [1.807, 2.05) is 0 Å². The molecule has 0 saturated heterocycles. The number of hydrogen-bond acceptors (Lipinski definition) is 3. The van der Waals surface area contributed by atoms with Crippen molar-refractivity contribution in [3.8, 4) is 0 Å². The van der Waals surface area contributed by atoms with Gasteiger partial charge in [-0.2, -0.15) is 13.2 Å². The number of rotatable bonds is 3. The minimum atomic E-state index is -4.44. The molecule has 0 atom stereocenters. The minimum Gasteiger partial charge on any atom is -0.396 e. The average Bonchev–Trinajstić information content (AvgIpc) is 2.37. The van der Waals surface area contributed by atoms with Crippen LogP contribution in [0.25, 0.3) is 0 Å². The summed E-state index contributed by atoms with van der Waals surface area (Å²) in [6.45, 7) is 0.672. The van der Waals surface area contributed by atoms with Crippen LogP contribution in [0.4, 0.5) is 24.5 Å². The predicted octanol–water partition coefficient (Wildman–Crippen LogP) is 3.67. The van der Waals surface area contributed by atoms with E-state index in [9.17, 15) is 13.2 Å². The van der Waals surface area contributed by atoms with Gasteiger partial charge in [0.2, 0.25) is 0 Å². The zero-order valence-corrected chi connectivity index (χ0v) is 10.6. The van der Waals surface area contributed by atoms with Gasteiger partial charge < -0.3 is 11.1 Å². The van der Waals surface area contributed by atoms with Crippen LogP contribution < -0.4 is 11.1 Å². The maximum absolute atomic E-state index is 12.6. The Morgan fingerprint density at radius 3 is 2.58 bits per heavy atom. The van der Waals surface area contributed by atoms with Crippen molar-refractivity contribution >= 4 is 11.4 Å². The molecule has 3 nitrogen and oxygen atoms in total. The molecule has 0 bridgehead atoms. The average molecular weight is 273 g/mol. The van der Waals surface area contributed by atoms with Gasteiger partial charge in [0.1, 0.15) is 5.69 Å². The van der Waals surface area contributed by atoms with E-state index in [4.69, 9.17) is 5.73 Å². The molecule has 1 saturated carbocycles. The molecule has 0 radical (unpaired) electrons. The molecule has 1 aromatic rings. The molecule has 1 aliphatic carbocycles. The molecule has 0 aliphatic heterocycles. The van der Waals surface area contributed by atoms with Crippen LogP contribution in [0, 0.1) is 5.92 Å². The van der Waals surface area contributed by atoms with Crippen molar-refractivity contribution in [2.24, 2.45) is 5.92 Å². The number of aromatic nitrogens is 1. The number of pyridine rings is 1. The Morgan fingerprint density at radius 2 is 1.95 bits per heavy atom. The second-order valence-electron chi connectivity index (χ2n) is 5.04. The van der Waals surface area contributed by atoms with E-state index in [0.29, 0.717) is 18.2 Å². The fourth-order valence-electron chi connectivity index (χ4n) is 2.42. The summed E-state index contributed by atoms with van der Waals surface area (Å²) in [4.78, 5) is 3.31. The van der Waals surface area contributed by atoms with Gasteiger partial charge in [-0.25, -0.2) is 4.98 Å². The molecule has 3 N–H and O–H groups in total. The quantitative estimate of drug-likeness (QED) is 0.883. The third-order valence-electron chi connectivity index (χ3n) is 3.53. The number of nitrogens with two attached hydrogens (primary N) is 1. The van der Waals surface area contributed by atoms with Gasteiger partial charge in [-0.3, -0.25) is 0 Å². The molecule has 1 aromatic heterocycles. The van der Waals surface area contributed by atoms with Gasteiger partial charge in [0.15, 0.2) is 0 Å². The first-order chi connectivity index (χ1) is 8.97. The van der Waals surface area contributed by atoms with E-state index >= 15 is 0 Å². The Hall–Kier alpha value is -1.46. The molecule has 106 valence electrons. The number of nitrogens with zero attached hydrogens (tertiary/aromatic N) is 1. The van der Waals surface area contributed by atoms with Crippen LogP contribution in [-0.2, 0) is 6.18 Å². The zero-order chi connectivity index (χ0) is 13.9. The summed E-state index contributed by atoms with van der Waals surface area (Å²) in [7, 11) is 0. The van der Waals surface area contributed by atoms with Crippen LogP contribution in [0.5, 0.6) is 0 Å². The van der Waals surface area contributed by atoms with E-state index < -0.39 is 11.9 Å². The van der Waals surface area contributed by atoms with Crippen LogP contribution in [0.3, 0.4) is 0 Å². The molecule has 0 spiro atoms. The lowest BCUT2D eigenvalue weighted by Gasteiger charge is -2.22. The molecule has 1 heterocycles. The topological polar surface area (TPSA) is 50.9 Å². The lowest BCUT2D eigenvalue weighted by molar-refractivity contribution is -0.141. The summed E-state index contributed by atoms with van der Waals surface area (Å²) in [5.74, 6) is 0.524. The summed E-state index contributed by atoms with van der Waals surface area (Å²) < 4.78 is 37.7. The van der Waals surface area contributed by atoms with Gasteiger partial charge in [0.25, 0.3) is 0 Å². The highest BCUT2D eigenvalue weighted by atomic mass is 19.4. The molecule has 0 amide bonds. The third kappa shape index (κ3) is 3.75. The van der Waals surface area contributed by atoms with E-state index in [-0.39, 0.29) is 5.69 Å². The lowest BCUT2D eigenvalue weighted by Crippen LogP contribution is -2.18. The second-order valence-corrected chi connectivity index (χ2v) is 5.04. The van der Waals surface area contributed by atoms with Crippen LogP contribution in [-0.4, -0.2) is 11.5 Å². The number of nitrogens with one attached hydrogen (secondary N) is 1. The number of anilines is 2. The Bertz CT molecular complexity index is 426. The summed E-state index contributed by atoms with van der Waals surface area (Å²) in [5, 5.41) is 3.03. The normalized spacial score (nSPS) is 17.4. The maximum Gasteiger partial charge on any atom is 0.433 e. The first kappa shape index (κ1) is 14.0. The summed E-state index contributed by atoms with van der Waals surface area (Å²) >= 11 is 0. The SMILES string of the molecule is Nc1cnc(C(F)(F)F)cc1NCC1CCCCC1. The number of hydrogen-bond donors (Lipinski definition) is 2. The fourth-order valence-corrected chi connectivity index (χ4v) is 2.42. The van der Waals surface area contributed by atoms with Crippen molar-refractivity contribution in [1.29, 1.82) is 0 Å².